The molecule has 39 heavy (non-hydrogen) atoms. The van der Waals surface area contributed by atoms with Gasteiger partial charge in [-0.1, -0.05) is 0 Å². The van der Waals surface area contributed by atoms with Crippen molar-refractivity contribution in [2.24, 2.45) is 0 Å². The van der Waals surface area contributed by atoms with Crippen molar-refractivity contribution in [3.63, 3.8) is 0 Å². The topological polar surface area (TPSA) is 92.0 Å². The van der Waals surface area contributed by atoms with E-state index in [4.69, 9.17) is 9.47 Å². The lowest BCUT2D eigenvalue weighted by Gasteiger charge is -2.11. The summed E-state index contributed by atoms with van der Waals surface area (Å²) in [5, 5.41) is 11.8. The second-order valence-corrected chi connectivity index (χ2v) is 9.10. The van der Waals surface area contributed by atoms with Gasteiger partial charge >= 0.3 is 12.4 Å². The molecule has 0 aromatic carbocycles. The largest absolute Gasteiger partial charge is 0.478 e. The van der Waals surface area contributed by atoms with Gasteiger partial charge < -0.3 is 9.47 Å². The second kappa shape index (κ2) is 11.3. The number of ketones is 1. The molecule has 0 saturated carbocycles. The van der Waals surface area contributed by atoms with E-state index in [1.165, 1.54) is 23.0 Å². The Morgan fingerprint density at radius 2 is 1.90 bits per heavy atom. The summed E-state index contributed by atoms with van der Waals surface area (Å²) < 4.78 is 92.3. The van der Waals surface area contributed by atoms with Crippen LogP contribution in [-0.2, 0) is 34.7 Å². The summed E-state index contributed by atoms with van der Waals surface area (Å²) in [6.45, 7) is 3.99. The van der Waals surface area contributed by atoms with E-state index >= 15 is 0 Å². The fraction of sp³-hybridized carbons (Fsp3) is 0.480. The first-order chi connectivity index (χ1) is 18.3. The van der Waals surface area contributed by atoms with Crippen molar-refractivity contribution in [2.75, 3.05) is 19.8 Å². The summed E-state index contributed by atoms with van der Waals surface area (Å²) in [6.07, 6.45) is -7.81. The Kier molecular flexibility index (Phi) is 8.23. The summed E-state index contributed by atoms with van der Waals surface area (Å²) in [5.41, 5.74) is -1.55. The number of aromatic nitrogens is 5. The van der Waals surface area contributed by atoms with Crippen LogP contribution in [0.15, 0.2) is 24.4 Å². The van der Waals surface area contributed by atoms with E-state index in [9.17, 15) is 31.1 Å². The normalized spacial score (nSPS) is 16.1. The van der Waals surface area contributed by atoms with Crippen LogP contribution in [0.2, 0.25) is 0 Å². The average molecular weight is 557 g/mol. The number of Topliss-reactive ketones (excluding diaryl/α,β-unsaturated/α-hetero) is 1. The third-order valence-electron chi connectivity index (χ3n) is 6.08. The van der Waals surface area contributed by atoms with Gasteiger partial charge in [0.25, 0.3) is 0 Å². The van der Waals surface area contributed by atoms with Gasteiger partial charge in [-0.15, -0.1) is 5.10 Å². The highest BCUT2D eigenvalue weighted by Crippen LogP contribution is 2.37. The molecular formula is C25H25F6N5O3. The number of hydrogen-bond donors (Lipinski definition) is 0. The summed E-state index contributed by atoms with van der Waals surface area (Å²) in [7, 11) is 0. The lowest BCUT2D eigenvalue weighted by Crippen LogP contribution is -2.13. The van der Waals surface area contributed by atoms with E-state index < -0.39 is 23.7 Å². The van der Waals surface area contributed by atoms with Gasteiger partial charge in [0.2, 0.25) is 5.88 Å². The molecule has 0 bridgehead atoms. The van der Waals surface area contributed by atoms with Gasteiger partial charge in [0.1, 0.15) is 11.5 Å². The minimum absolute atomic E-state index is 0.0162. The highest BCUT2D eigenvalue weighted by Gasteiger charge is 2.39. The quantitative estimate of drug-likeness (QED) is 0.335. The molecule has 3 aromatic heterocycles. The van der Waals surface area contributed by atoms with E-state index in [1.54, 1.807) is 13.8 Å². The van der Waals surface area contributed by atoms with Crippen LogP contribution < -0.4 is 4.74 Å². The first-order valence-corrected chi connectivity index (χ1v) is 12.2. The smallest absolute Gasteiger partial charge is 0.435 e. The van der Waals surface area contributed by atoms with Gasteiger partial charge in [-0.05, 0) is 49.9 Å². The van der Waals surface area contributed by atoms with Gasteiger partial charge in [0.05, 0.1) is 36.2 Å². The van der Waals surface area contributed by atoms with E-state index in [0.29, 0.717) is 24.3 Å². The Bertz CT molecular complexity index is 1330. The van der Waals surface area contributed by atoms with Crippen LogP contribution in [0.3, 0.4) is 0 Å². The Hall–Kier alpha value is -3.55. The lowest BCUT2D eigenvalue weighted by atomic mass is 10.0. The Balaban J connectivity index is 1.48. The highest BCUT2D eigenvalue weighted by atomic mass is 19.4. The monoisotopic (exact) mass is 557 g/mol. The number of nitrogens with zero attached hydrogens (tertiary/aromatic N) is 5. The van der Waals surface area contributed by atoms with Crippen LogP contribution in [0.1, 0.15) is 54.0 Å². The molecule has 8 nitrogen and oxygen atoms in total. The van der Waals surface area contributed by atoms with Crippen LogP contribution >= 0.6 is 0 Å². The average Bonchev–Trinajstić information content (AvgIpc) is 3.52. The van der Waals surface area contributed by atoms with Crippen molar-refractivity contribution < 1.29 is 40.6 Å². The molecule has 0 aliphatic carbocycles. The molecule has 3 aromatic rings. The molecule has 14 heteroatoms. The summed E-state index contributed by atoms with van der Waals surface area (Å²) in [4.78, 5) is 16.0. The molecule has 1 atom stereocenters. The van der Waals surface area contributed by atoms with Gasteiger partial charge in [0.15, 0.2) is 5.69 Å². The fourth-order valence-electron chi connectivity index (χ4n) is 4.23. The van der Waals surface area contributed by atoms with Crippen molar-refractivity contribution in [2.45, 2.75) is 57.9 Å². The van der Waals surface area contributed by atoms with E-state index in [1.807, 2.05) is 0 Å². The number of halogens is 6. The van der Waals surface area contributed by atoms with E-state index in [2.05, 4.69) is 20.3 Å². The van der Waals surface area contributed by atoms with Gasteiger partial charge in [-0.2, -0.15) is 36.5 Å². The molecule has 0 N–H and O–H groups in total. The van der Waals surface area contributed by atoms with E-state index in [-0.39, 0.29) is 67.0 Å². The number of carbonyl (C=O) groups is 1. The van der Waals surface area contributed by atoms with Crippen molar-refractivity contribution in [1.29, 1.82) is 0 Å². The van der Waals surface area contributed by atoms with Crippen molar-refractivity contribution in [1.82, 2.24) is 25.0 Å². The van der Waals surface area contributed by atoms with Crippen molar-refractivity contribution >= 4 is 5.78 Å². The number of hydrogen-bond acceptors (Lipinski definition) is 7. The minimum Gasteiger partial charge on any atom is -0.478 e. The Morgan fingerprint density at radius 3 is 2.51 bits per heavy atom. The van der Waals surface area contributed by atoms with Crippen LogP contribution in [0.25, 0.3) is 11.3 Å². The maximum atomic E-state index is 13.7. The lowest BCUT2D eigenvalue weighted by molar-refractivity contribution is -0.142. The van der Waals surface area contributed by atoms with Gasteiger partial charge in [0, 0.05) is 31.7 Å². The van der Waals surface area contributed by atoms with Crippen LogP contribution in [0.5, 0.6) is 5.88 Å². The third-order valence-corrected chi connectivity index (χ3v) is 6.08. The highest BCUT2D eigenvalue weighted by molar-refractivity contribution is 5.81. The number of pyridine rings is 1. The van der Waals surface area contributed by atoms with E-state index in [0.717, 1.165) is 6.07 Å². The first kappa shape index (κ1) is 28.5. The number of carbonyl (C=O) groups excluding carboxylic acids is 1. The molecule has 1 aliphatic heterocycles. The minimum atomic E-state index is -4.71. The zero-order valence-electron chi connectivity index (χ0n) is 21.1. The molecule has 0 radical (unpaired) electrons. The Morgan fingerprint density at radius 1 is 1.13 bits per heavy atom. The summed E-state index contributed by atoms with van der Waals surface area (Å²) >= 11 is 0. The molecule has 1 fully saturated rings. The number of alkyl halides is 6. The molecule has 4 rings (SSSR count). The SMILES string of the molecule is CCOc1cc(CC(=O)CCc2cc(C)c(-c3cn(C4CCOC4)nc3C(F)(F)F)nn2)cc(C(F)(F)F)n1. The molecular weight excluding hydrogens is 532 g/mol. The summed E-state index contributed by atoms with van der Waals surface area (Å²) in [5.74, 6) is -0.589. The number of rotatable bonds is 9. The molecule has 1 unspecified atom stereocenters. The standard InChI is InChI=1S/C25H25F6N5O3/c1-3-39-21-11-15(10-20(32-21)24(26,27)28)9-18(37)5-4-16-8-14(2)22(34-33-16)19-12-36(17-6-7-38-13-17)35-23(19)25(29,30)31/h8,10-12,17H,3-7,9,13H2,1-2H3. The zero-order chi connectivity index (χ0) is 28.4. The number of ether oxygens (including phenoxy) is 2. The molecule has 0 amide bonds. The van der Waals surface area contributed by atoms with Crippen molar-refractivity contribution in [3.05, 3.63) is 52.6 Å². The van der Waals surface area contributed by atoms with Crippen LogP contribution in [-0.4, -0.2) is 50.6 Å². The second-order valence-electron chi connectivity index (χ2n) is 9.10. The maximum absolute atomic E-state index is 13.7. The van der Waals surface area contributed by atoms with Gasteiger partial charge in [-0.3, -0.25) is 9.48 Å². The fourth-order valence-corrected chi connectivity index (χ4v) is 4.23. The number of aryl methyl sites for hydroxylation is 2. The predicted molar refractivity (Wildman–Crippen MR) is 125 cm³/mol. The van der Waals surface area contributed by atoms with Crippen LogP contribution in [0.4, 0.5) is 26.3 Å². The predicted octanol–water partition coefficient (Wildman–Crippen LogP) is 5.19. The molecule has 1 saturated heterocycles. The molecule has 4 heterocycles. The van der Waals surface area contributed by atoms with Gasteiger partial charge in [-0.25, -0.2) is 4.98 Å². The molecule has 0 spiro atoms. The maximum Gasteiger partial charge on any atom is 0.435 e. The summed E-state index contributed by atoms with van der Waals surface area (Å²) in [6, 6.07) is 3.31. The first-order valence-electron chi connectivity index (χ1n) is 12.2. The zero-order valence-corrected chi connectivity index (χ0v) is 21.1. The van der Waals surface area contributed by atoms with Crippen molar-refractivity contribution in [3.8, 4) is 17.1 Å². The third kappa shape index (κ3) is 6.91. The molecule has 210 valence electrons. The Labute approximate surface area is 219 Å². The molecule has 1 aliphatic rings. The van der Waals surface area contributed by atoms with Crippen LogP contribution in [0, 0.1) is 6.92 Å².